The molecule has 0 aliphatic rings. The summed E-state index contributed by atoms with van der Waals surface area (Å²) in [5, 5.41) is 11.3. The van der Waals surface area contributed by atoms with Gasteiger partial charge in [-0.1, -0.05) is 48.5 Å². The fourth-order valence-corrected chi connectivity index (χ4v) is 8.23. The fraction of sp³-hybridized carbons (Fsp3) is 0.0312. The molecule has 6 aromatic carbocycles. The normalized spacial score (nSPS) is 12.5. The summed E-state index contributed by atoms with van der Waals surface area (Å²) in [5.41, 5.74) is -0.220. The number of phenols is 1. The van der Waals surface area contributed by atoms with Gasteiger partial charge >= 0.3 is 5.97 Å². The smallest absolute Gasteiger partial charge is 0.308 e. The number of ether oxygens (including phenoxy) is 1. The molecular formula is C32H22O12S3. The number of phenolic OH excluding ortho intramolecular Hbond substituents is 1. The van der Waals surface area contributed by atoms with Gasteiger partial charge < -0.3 is 9.84 Å². The number of rotatable bonds is 6. The summed E-state index contributed by atoms with van der Waals surface area (Å²) in [5.74, 6) is -1.23. The molecule has 0 aliphatic carbocycles. The Hall–Kier alpha value is -4.90. The predicted molar refractivity (Wildman–Crippen MR) is 172 cm³/mol. The third-order valence-electron chi connectivity index (χ3n) is 7.55. The molecule has 0 radical (unpaired) electrons. The monoisotopic (exact) mass is 694 g/mol. The van der Waals surface area contributed by atoms with Crippen LogP contribution in [0.5, 0.6) is 11.5 Å². The van der Waals surface area contributed by atoms with E-state index in [4.69, 9.17) is 4.74 Å². The second-order valence-corrected chi connectivity index (χ2v) is 14.6. The van der Waals surface area contributed by atoms with Gasteiger partial charge in [-0.05, 0) is 59.0 Å². The first-order valence-electron chi connectivity index (χ1n) is 13.4. The van der Waals surface area contributed by atoms with E-state index in [1.54, 1.807) is 24.3 Å². The van der Waals surface area contributed by atoms with Crippen LogP contribution in [0.2, 0.25) is 0 Å². The highest BCUT2D eigenvalue weighted by Gasteiger charge is 2.26. The van der Waals surface area contributed by atoms with E-state index < -0.39 is 56.8 Å². The van der Waals surface area contributed by atoms with Crippen LogP contribution in [0.25, 0.3) is 54.6 Å². The Bertz CT molecular complexity index is 2660. The Labute approximate surface area is 267 Å². The van der Waals surface area contributed by atoms with E-state index in [-0.39, 0.29) is 54.9 Å². The summed E-state index contributed by atoms with van der Waals surface area (Å²) < 4.78 is 111. The summed E-state index contributed by atoms with van der Waals surface area (Å²) in [4.78, 5) is 9.90. The molecule has 0 aliphatic heterocycles. The van der Waals surface area contributed by atoms with Gasteiger partial charge in [0.25, 0.3) is 30.4 Å². The van der Waals surface area contributed by atoms with Crippen molar-refractivity contribution in [3.05, 3.63) is 91.0 Å². The topological polar surface area (TPSA) is 210 Å². The molecule has 0 saturated carbocycles. The fourth-order valence-electron chi connectivity index (χ4n) is 5.72. The van der Waals surface area contributed by atoms with Crippen molar-refractivity contribution in [1.82, 2.24) is 0 Å². The number of fused-ring (bicyclic) bond motifs is 3. The predicted octanol–water partition coefficient (Wildman–Crippen LogP) is 5.85. The zero-order valence-corrected chi connectivity index (χ0v) is 26.4. The number of hydrogen-bond acceptors (Lipinski definition) is 9. The molecule has 6 rings (SSSR count). The molecule has 4 N–H and O–H groups in total. The van der Waals surface area contributed by atoms with Crippen LogP contribution >= 0.6 is 0 Å². The van der Waals surface area contributed by atoms with Crippen molar-refractivity contribution in [2.24, 2.45) is 0 Å². The molecule has 6 aromatic rings. The lowest BCUT2D eigenvalue weighted by atomic mass is 9.94. The minimum Gasteiger partial charge on any atom is -0.507 e. The van der Waals surface area contributed by atoms with Gasteiger partial charge in [-0.25, -0.2) is 0 Å². The van der Waals surface area contributed by atoms with Crippen molar-refractivity contribution >= 4 is 68.6 Å². The third kappa shape index (κ3) is 5.80. The van der Waals surface area contributed by atoms with Crippen molar-refractivity contribution in [3.63, 3.8) is 0 Å². The molecule has 12 nitrogen and oxygen atoms in total. The molecule has 0 atom stereocenters. The van der Waals surface area contributed by atoms with Gasteiger partial charge in [0.15, 0.2) is 0 Å². The first-order valence-corrected chi connectivity index (χ1v) is 17.8. The van der Waals surface area contributed by atoms with Crippen LogP contribution < -0.4 is 4.74 Å². The van der Waals surface area contributed by atoms with Gasteiger partial charge in [0.1, 0.15) is 26.2 Å². The van der Waals surface area contributed by atoms with Crippen LogP contribution in [0.15, 0.2) is 106 Å². The second kappa shape index (κ2) is 11.1. The van der Waals surface area contributed by atoms with E-state index in [1.165, 1.54) is 48.5 Å². The molecule has 47 heavy (non-hydrogen) atoms. The summed E-state index contributed by atoms with van der Waals surface area (Å²) in [6.45, 7) is 1.12. The number of benzene rings is 6. The zero-order valence-electron chi connectivity index (χ0n) is 23.9. The Balaban J connectivity index is 1.69. The SMILES string of the molecule is CC(=O)Oc1ccc(S(=O)(=O)O)c2cc(-c3cc(O)c4ccc(-c5ccc6ccccc6c5S(=O)(=O)O)cc4c3S(=O)(=O)O)ccc12. The highest BCUT2D eigenvalue weighted by molar-refractivity contribution is 7.86. The van der Waals surface area contributed by atoms with Crippen LogP contribution in [0, 0.1) is 0 Å². The molecule has 240 valence electrons. The van der Waals surface area contributed by atoms with Crippen molar-refractivity contribution in [2.45, 2.75) is 21.6 Å². The number of aromatic hydroxyl groups is 1. The van der Waals surface area contributed by atoms with Gasteiger partial charge in [0, 0.05) is 45.0 Å². The lowest BCUT2D eigenvalue weighted by molar-refractivity contribution is -0.131. The van der Waals surface area contributed by atoms with E-state index in [2.05, 4.69) is 0 Å². The van der Waals surface area contributed by atoms with E-state index >= 15 is 0 Å². The van der Waals surface area contributed by atoms with Crippen molar-refractivity contribution < 1.29 is 53.5 Å². The maximum absolute atomic E-state index is 13.0. The van der Waals surface area contributed by atoms with Gasteiger partial charge in [-0.2, -0.15) is 25.3 Å². The van der Waals surface area contributed by atoms with Crippen LogP contribution in [0.4, 0.5) is 0 Å². The maximum Gasteiger partial charge on any atom is 0.308 e. The standard InChI is InChI=1S/C32H22O12S3/c1-17(33)44-29-12-13-30(45(35,36)37)26-14-20(8-11-24(26)29)25-16-28(34)23-10-7-19(15-27(23)32(25)47(41,42)43)22-9-6-18-4-2-3-5-21(18)31(22)46(38,39)40/h2-16,34H,1H3,(H,35,36,37)(H,38,39,40)(H,41,42,43). The van der Waals surface area contributed by atoms with Crippen LogP contribution in [-0.2, 0) is 35.1 Å². The van der Waals surface area contributed by atoms with E-state index in [9.17, 15) is 48.8 Å². The zero-order chi connectivity index (χ0) is 34.1. The van der Waals surface area contributed by atoms with Crippen molar-refractivity contribution in [3.8, 4) is 33.8 Å². The highest BCUT2D eigenvalue weighted by atomic mass is 32.2. The Kier molecular flexibility index (Phi) is 7.58. The average molecular weight is 695 g/mol. The first-order chi connectivity index (χ1) is 21.9. The molecule has 0 fully saturated rings. The third-order valence-corrected chi connectivity index (χ3v) is 10.4. The molecule has 0 amide bonds. The van der Waals surface area contributed by atoms with Gasteiger partial charge in [-0.15, -0.1) is 0 Å². The molecule has 0 bridgehead atoms. The summed E-state index contributed by atoms with van der Waals surface area (Å²) >= 11 is 0. The van der Waals surface area contributed by atoms with E-state index in [0.717, 1.165) is 25.1 Å². The van der Waals surface area contributed by atoms with E-state index in [0.29, 0.717) is 5.39 Å². The first kappa shape index (κ1) is 32.1. The number of carbonyl (C=O) groups is 1. The molecule has 0 aromatic heterocycles. The summed E-state index contributed by atoms with van der Waals surface area (Å²) in [7, 11) is -14.8. The summed E-state index contributed by atoms with van der Waals surface area (Å²) in [6, 6.07) is 20.3. The Morgan fingerprint density at radius 2 is 1.17 bits per heavy atom. The Morgan fingerprint density at radius 1 is 0.574 bits per heavy atom. The minimum atomic E-state index is -5.13. The molecule has 0 saturated heterocycles. The van der Waals surface area contributed by atoms with Gasteiger partial charge in [0.05, 0.1) is 0 Å². The number of esters is 1. The minimum absolute atomic E-state index is 0.000723. The highest BCUT2D eigenvalue weighted by Crippen LogP contribution is 2.44. The van der Waals surface area contributed by atoms with Crippen LogP contribution in [-0.4, -0.2) is 50.0 Å². The molecular weight excluding hydrogens is 673 g/mol. The number of carbonyl (C=O) groups excluding carboxylic acids is 1. The quantitative estimate of drug-likeness (QED) is 0.0919. The second-order valence-electron chi connectivity index (χ2n) is 10.5. The van der Waals surface area contributed by atoms with Gasteiger partial charge in [-0.3, -0.25) is 18.5 Å². The van der Waals surface area contributed by atoms with Gasteiger partial charge in [0.2, 0.25) is 0 Å². The summed E-state index contributed by atoms with van der Waals surface area (Å²) in [6.07, 6.45) is 0. The lowest BCUT2D eigenvalue weighted by Gasteiger charge is -2.17. The average Bonchev–Trinajstić information content (AvgIpc) is 2.98. The lowest BCUT2D eigenvalue weighted by Crippen LogP contribution is -2.05. The molecule has 15 heteroatoms. The number of hydrogen-bond donors (Lipinski definition) is 4. The van der Waals surface area contributed by atoms with Crippen molar-refractivity contribution in [1.29, 1.82) is 0 Å². The van der Waals surface area contributed by atoms with Crippen LogP contribution in [0.1, 0.15) is 6.92 Å². The Morgan fingerprint density at radius 3 is 1.81 bits per heavy atom. The molecule has 0 unspecified atom stereocenters. The van der Waals surface area contributed by atoms with Crippen LogP contribution in [0.3, 0.4) is 0 Å². The van der Waals surface area contributed by atoms with Crippen molar-refractivity contribution in [2.75, 3.05) is 0 Å². The largest absolute Gasteiger partial charge is 0.507 e. The molecule has 0 heterocycles. The maximum atomic E-state index is 13.0. The van der Waals surface area contributed by atoms with E-state index in [1.807, 2.05) is 0 Å². The molecule has 0 spiro atoms.